The van der Waals surface area contributed by atoms with Crippen molar-refractivity contribution < 1.29 is 32.6 Å². The standard InChI is InChI=1S/C13H9.C4H11OSi.CH3.2ClH.O.H3Si.Zr/c1-3-7-12-10(5-1)9-11-6-2-4-8-13(11)12;1-6(2)4-3-5;;;;;;/h1-5,7-8H,9H2;5H,3-4H2,1-2H3;1H3;2*1H;;1H3;/q-1;;-1;;;;;+2. The third kappa shape index (κ3) is 10.7. The maximum absolute atomic E-state index is 8.34. The van der Waals surface area contributed by atoms with Gasteiger partial charge in [-0.3, -0.25) is 0 Å². The average Bonchev–Trinajstić information content (AvgIpc) is 2.88. The van der Waals surface area contributed by atoms with Crippen LogP contribution in [0.15, 0.2) is 42.5 Å². The summed E-state index contributed by atoms with van der Waals surface area (Å²) < 4.78 is 8.34. The van der Waals surface area contributed by atoms with Crippen LogP contribution in [0.25, 0.3) is 11.1 Å². The molecule has 0 amide bonds. The minimum absolute atomic E-state index is 0. The fraction of sp³-hybridized carbons (Fsp3) is 0.278. The van der Waals surface area contributed by atoms with Crippen molar-refractivity contribution in [2.24, 2.45) is 0 Å². The van der Waals surface area contributed by atoms with Gasteiger partial charge in [-0.25, -0.2) is 0 Å². The van der Waals surface area contributed by atoms with E-state index < -0.39 is 0 Å². The molecule has 0 heterocycles. The van der Waals surface area contributed by atoms with Gasteiger partial charge in [-0.05, 0) is 23.4 Å². The van der Waals surface area contributed by atoms with Crippen LogP contribution in [0, 0.1) is 13.5 Å². The first-order valence-electron chi connectivity index (χ1n) is 6.90. The first kappa shape index (κ1) is 32.7. The molecule has 1 aliphatic carbocycles. The first-order valence-corrected chi connectivity index (χ1v) is 10.6. The van der Waals surface area contributed by atoms with Crippen molar-refractivity contribution in [1.29, 1.82) is 0 Å². The summed E-state index contributed by atoms with van der Waals surface area (Å²) in [6.45, 7) is 4.77. The molecule has 1 aliphatic rings. The fourth-order valence-electron chi connectivity index (χ4n) is 2.22. The van der Waals surface area contributed by atoms with Crippen LogP contribution in [-0.2, 0) is 34.0 Å². The van der Waals surface area contributed by atoms with Gasteiger partial charge in [0.1, 0.15) is 0 Å². The van der Waals surface area contributed by atoms with Crippen molar-refractivity contribution in [2.45, 2.75) is 25.6 Å². The molecule has 3 rings (SSSR count). The summed E-state index contributed by atoms with van der Waals surface area (Å²) in [5.74, 6) is 0. The third-order valence-corrected chi connectivity index (χ3v) is 4.45. The van der Waals surface area contributed by atoms with Gasteiger partial charge in [0.15, 0.2) is 0 Å². The number of aliphatic hydroxyl groups is 1. The minimum Gasteiger partial charge on any atom is -0.179 e. The average molecular weight is 495 g/mol. The summed E-state index contributed by atoms with van der Waals surface area (Å²) >= 11 is 0.300. The van der Waals surface area contributed by atoms with Gasteiger partial charge >= 0.3 is 27.5 Å². The minimum atomic E-state index is -0.136. The molecule has 0 aromatic heterocycles. The Labute approximate surface area is 186 Å². The van der Waals surface area contributed by atoms with E-state index in [4.69, 9.17) is 7.92 Å². The molecule has 7 heteroatoms. The Morgan fingerprint density at radius 2 is 1.64 bits per heavy atom. The van der Waals surface area contributed by atoms with E-state index in [2.05, 4.69) is 55.6 Å². The van der Waals surface area contributed by atoms with Crippen LogP contribution in [0.4, 0.5) is 0 Å². The molecule has 2 nitrogen and oxygen atoms in total. The quantitative estimate of drug-likeness (QED) is 0.435. The number of benzene rings is 2. The predicted molar refractivity (Wildman–Crippen MR) is 114 cm³/mol. The molecule has 138 valence electrons. The fourth-order valence-corrected chi connectivity index (χ4v) is 2.67. The molecular formula is C18H28Cl2O2Si2Zr. The van der Waals surface area contributed by atoms with Crippen molar-refractivity contribution in [3.8, 4) is 11.1 Å². The molecule has 0 unspecified atom stereocenters. The van der Waals surface area contributed by atoms with Gasteiger partial charge in [0.25, 0.3) is 0 Å². The van der Waals surface area contributed by atoms with Crippen molar-refractivity contribution in [2.75, 3.05) is 6.61 Å². The SMILES string of the molecule is C[Si](C)CCO.Cl.Cl.[CH3-].[O]=[Zr+2].[SiH3].[c-]1cccc2c1Cc1ccccc1-2. The Morgan fingerprint density at radius 3 is 2.16 bits per heavy atom. The number of rotatable bonds is 2. The van der Waals surface area contributed by atoms with E-state index in [-0.39, 0.29) is 52.0 Å². The Morgan fingerprint density at radius 1 is 1.08 bits per heavy atom. The van der Waals surface area contributed by atoms with Crippen molar-refractivity contribution in [1.82, 2.24) is 0 Å². The predicted octanol–water partition coefficient (Wildman–Crippen LogP) is 3.78. The zero-order valence-corrected chi connectivity index (χ0v) is 22.4. The van der Waals surface area contributed by atoms with Crippen LogP contribution >= 0.6 is 24.8 Å². The molecule has 0 saturated heterocycles. The Hall–Kier alpha value is 0.0969. The van der Waals surface area contributed by atoms with E-state index in [9.17, 15) is 0 Å². The smallest absolute Gasteiger partial charge is 0.0125 e. The summed E-state index contributed by atoms with van der Waals surface area (Å²) in [6, 6.07) is 19.1. The molecule has 0 spiro atoms. The maximum atomic E-state index is 8.34. The van der Waals surface area contributed by atoms with Crippen LogP contribution in [-0.4, -0.2) is 31.5 Å². The Bertz CT molecular complexity index is 529. The summed E-state index contributed by atoms with van der Waals surface area (Å²) in [5, 5.41) is 8.26. The molecule has 2 radical (unpaired) electrons. The van der Waals surface area contributed by atoms with Gasteiger partial charge in [-0.1, -0.05) is 48.5 Å². The van der Waals surface area contributed by atoms with Gasteiger partial charge in [-0.2, -0.15) is 29.8 Å². The number of hydrogen-bond acceptors (Lipinski definition) is 2. The van der Waals surface area contributed by atoms with Crippen LogP contribution < -0.4 is 0 Å². The molecule has 2 aromatic rings. The number of fused-ring (bicyclic) bond motifs is 3. The Balaban J connectivity index is -0.000000163. The summed E-state index contributed by atoms with van der Waals surface area (Å²) in [5.41, 5.74) is 5.51. The van der Waals surface area contributed by atoms with E-state index >= 15 is 0 Å². The van der Waals surface area contributed by atoms with Crippen molar-refractivity contribution >= 4 is 44.6 Å². The Kier molecular flexibility index (Phi) is 24.7. The van der Waals surface area contributed by atoms with Gasteiger partial charge in [0.05, 0.1) is 0 Å². The van der Waals surface area contributed by atoms with Gasteiger partial charge < -0.3 is 12.5 Å². The molecule has 1 N–H and O–H groups in total. The molecule has 0 fully saturated rings. The van der Waals surface area contributed by atoms with Gasteiger partial charge in [0, 0.05) is 15.4 Å². The molecule has 25 heavy (non-hydrogen) atoms. The zero-order valence-electron chi connectivity index (χ0n) is 15.3. The maximum Gasteiger partial charge on any atom is -0.0125 e. The monoisotopic (exact) mass is 492 g/mol. The van der Waals surface area contributed by atoms with Gasteiger partial charge in [-0.15, -0.1) is 30.4 Å². The third-order valence-electron chi connectivity index (χ3n) is 3.23. The molecule has 0 saturated carbocycles. The molecule has 0 bridgehead atoms. The summed E-state index contributed by atoms with van der Waals surface area (Å²) in [4.78, 5) is 0. The van der Waals surface area contributed by atoms with Crippen LogP contribution in [0.1, 0.15) is 11.1 Å². The number of aliphatic hydroxyl groups excluding tert-OH is 1. The second-order valence-electron chi connectivity index (χ2n) is 5.08. The van der Waals surface area contributed by atoms with E-state index in [1.54, 1.807) is 0 Å². The van der Waals surface area contributed by atoms with Crippen molar-refractivity contribution in [3.63, 3.8) is 0 Å². The summed E-state index contributed by atoms with van der Waals surface area (Å²) in [6.07, 6.45) is 1.05. The normalized spacial score (nSPS) is 9.04. The zero-order chi connectivity index (χ0) is 15.7. The molecular weight excluding hydrogens is 466 g/mol. The second-order valence-corrected chi connectivity index (χ2v) is 7.99. The largest absolute Gasteiger partial charge is 0.179 e. The molecule has 0 atom stereocenters. The van der Waals surface area contributed by atoms with Crippen LogP contribution in [0.3, 0.4) is 0 Å². The van der Waals surface area contributed by atoms with Crippen LogP contribution in [0.5, 0.6) is 0 Å². The second kappa shape index (κ2) is 18.9. The van der Waals surface area contributed by atoms with Gasteiger partial charge in [0.2, 0.25) is 0 Å². The first-order chi connectivity index (χ1) is 10.2. The van der Waals surface area contributed by atoms with E-state index in [0.717, 1.165) is 12.5 Å². The van der Waals surface area contributed by atoms with E-state index in [1.807, 2.05) is 6.07 Å². The summed E-state index contributed by atoms with van der Waals surface area (Å²) in [7, 11) is -0.136. The van der Waals surface area contributed by atoms with Crippen LogP contribution in [0.2, 0.25) is 19.1 Å². The molecule has 0 aliphatic heterocycles. The number of halogens is 2. The van der Waals surface area contributed by atoms with E-state index in [1.165, 1.54) is 22.3 Å². The van der Waals surface area contributed by atoms with E-state index in [0.29, 0.717) is 31.3 Å². The van der Waals surface area contributed by atoms with Crippen molar-refractivity contribution in [3.05, 3.63) is 67.1 Å². The molecule has 2 aromatic carbocycles. The number of hydrogen-bond donors (Lipinski definition) is 1. The topological polar surface area (TPSA) is 37.3 Å².